The Balaban J connectivity index is 2.39. The Morgan fingerprint density at radius 3 is 2.61 bits per heavy atom. The summed E-state index contributed by atoms with van der Waals surface area (Å²) in [5.41, 5.74) is 0. The van der Waals surface area contributed by atoms with Gasteiger partial charge in [-0.15, -0.1) is 0 Å². The predicted molar refractivity (Wildman–Crippen MR) is 74.7 cm³/mol. The third-order valence-electron chi connectivity index (χ3n) is 4.10. The highest BCUT2D eigenvalue weighted by molar-refractivity contribution is 5.73. The molecule has 0 amide bonds. The van der Waals surface area contributed by atoms with E-state index in [1.807, 2.05) is 6.92 Å². The van der Waals surface area contributed by atoms with Crippen molar-refractivity contribution in [3.63, 3.8) is 0 Å². The van der Waals surface area contributed by atoms with Gasteiger partial charge in [-0.1, -0.05) is 46.0 Å². The summed E-state index contributed by atoms with van der Waals surface area (Å²) in [6.07, 6.45) is 10.4. The van der Waals surface area contributed by atoms with Crippen molar-refractivity contribution < 1.29 is 9.90 Å². The van der Waals surface area contributed by atoms with E-state index in [1.165, 1.54) is 32.1 Å². The van der Waals surface area contributed by atoms with E-state index in [2.05, 4.69) is 12.2 Å². The Bertz CT molecular complexity index is 243. The van der Waals surface area contributed by atoms with Crippen LogP contribution < -0.4 is 5.32 Å². The van der Waals surface area contributed by atoms with Crippen LogP contribution in [0.1, 0.15) is 71.6 Å². The van der Waals surface area contributed by atoms with Gasteiger partial charge in [0.25, 0.3) is 0 Å². The molecule has 106 valence electrons. The van der Waals surface area contributed by atoms with Crippen molar-refractivity contribution in [2.45, 2.75) is 83.7 Å². The molecule has 2 N–H and O–H groups in total. The minimum Gasteiger partial charge on any atom is -0.480 e. The summed E-state index contributed by atoms with van der Waals surface area (Å²) in [6.45, 7) is 4.30. The van der Waals surface area contributed by atoms with Gasteiger partial charge in [0.15, 0.2) is 0 Å². The van der Waals surface area contributed by atoms with E-state index in [-0.39, 0.29) is 6.04 Å². The first-order chi connectivity index (χ1) is 8.67. The second kappa shape index (κ2) is 8.52. The lowest BCUT2D eigenvalue weighted by atomic mass is 9.95. The summed E-state index contributed by atoms with van der Waals surface area (Å²) < 4.78 is 0. The molecule has 3 nitrogen and oxygen atoms in total. The van der Waals surface area contributed by atoms with Crippen molar-refractivity contribution >= 4 is 5.97 Å². The third-order valence-corrected chi connectivity index (χ3v) is 4.10. The minimum atomic E-state index is -0.689. The fourth-order valence-electron chi connectivity index (χ4n) is 3.09. The first kappa shape index (κ1) is 15.5. The molecule has 0 heterocycles. The Labute approximate surface area is 111 Å². The largest absolute Gasteiger partial charge is 0.480 e. The third kappa shape index (κ3) is 5.38. The summed E-state index contributed by atoms with van der Waals surface area (Å²) in [5, 5.41) is 12.5. The maximum absolute atomic E-state index is 11.2. The van der Waals surface area contributed by atoms with Gasteiger partial charge in [-0.2, -0.15) is 0 Å². The van der Waals surface area contributed by atoms with Crippen LogP contribution in [0.4, 0.5) is 0 Å². The molecular weight excluding hydrogens is 226 g/mol. The zero-order valence-corrected chi connectivity index (χ0v) is 12.0. The molecule has 1 aliphatic carbocycles. The highest BCUT2D eigenvalue weighted by Crippen LogP contribution is 2.27. The molecule has 1 fully saturated rings. The molecule has 1 rings (SSSR count). The summed E-state index contributed by atoms with van der Waals surface area (Å²) >= 11 is 0. The van der Waals surface area contributed by atoms with Crippen molar-refractivity contribution in [2.24, 2.45) is 5.92 Å². The molecule has 0 aliphatic heterocycles. The van der Waals surface area contributed by atoms with Gasteiger partial charge in [0.05, 0.1) is 0 Å². The quantitative estimate of drug-likeness (QED) is 0.684. The van der Waals surface area contributed by atoms with Crippen LogP contribution in [0.5, 0.6) is 0 Å². The van der Waals surface area contributed by atoms with Gasteiger partial charge in [0.2, 0.25) is 0 Å². The summed E-state index contributed by atoms with van der Waals surface area (Å²) in [6, 6.07) is 0.0715. The second-order valence-corrected chi connectivity index (χ2v) is 5.71. The fraction of sp³-hybridized carbons (Fsp3) is 0.933. The molecule has 0 bridgehead atoms. The van der Waals surface area contributed by atoms with Crippen LogP contribution in [0.3, 0.4) is 0 Å². The SMILES string of the molecule is CCCC1CCCC(NC(CCC)C(=O)O)CC1. The Hall–Kier alpha value is -0.570. The lowest BCUT2D eigenvalue weighted by Crippen LogP contribution is -2.43. The van der Waals surface area contributed by atoms with Crippen molar-refractivity contribution in [2.75, 3.05) is 0 Å². The number of carboxylic acid groups (broad SMARTS) is 1. The molecular formula is C15H29NO2. The lowest BCUT2D eigenvalue weighted by Gasteiger charge is -2.22. The van der Waals surface area contributed by atoms with Crippen molar-refractivity contribution in [1.29, 1.82) is 0 Å². The van der Waals surface area contributed by atoms with E-state index in [1.54, 1.807) is 0 Å². The Morgan fingerprint density at radius 1 is 1.22 bits per heavy atom. The number of nitrogens with one attached hydrogen (secondary N) is 1. The number of carboxylic acids is 1. The first-order valence-corrected chi connectivity index (χ1v) is 7.66. The zero-order chi connectivity index (χ0) is 13.4. The molecule has 0 saturated heterocycles. The van der Waals surface area contributed by atoms with E-state index < -0.39 is 5.97 Å². The van der Waals surface area contributed by atoms with Crippen LogP contribution in [-0.2, 0) is 4.79 Å². The average Bonchev–Trinajstić information content (AvgIpc) is 2.55. The number of aliphatic carboxylic acids is 1. The topological polar surface area (TPSA) is 49.3 Å². The number of hydrogen-bond acceptors (Lipinski definition) is 2. The van der Waals surface area contributed by atoms with E-state index in [9.17, 15) is 9.90 Å². The molecule has 3 unspecified atom stereocenters. The zero-order valence-electron chi connectivity index (χ0n) is 12.0. The average molecular weight is 255 g/mol. The second-order valence-electron chi connectivity index (χ2n) is 5.71. The monoisotopic (exact) mass is 255 g/mol. The predicted octanol–water partition coefficient (Wildman–Crippen LogP) is 3.58. The smallest absolute Gasteiger partial charge is 0.320 e. The number of carbonyl (C=O) groups is 1. The molecule has 0 aromatic carbocycles. The summed E-state index contributed by atoms with van der Waals surface area (Å²) in [7, 11) is 0. The fourth-order valence-corrected chi connectivity index (χ4v) is 3.09. The molecule has 3 atom stereocenters. The Kier molecular flexibility index (Phi) is 7.33. The molecule has 1 saturated carbocycles. The molecule has 3 heteroatoms. The van der Waals surface area contributed by atoms with Gasteiger partial charge in [0, 0.05) is 6.04 Å². The Morgan fingerprint density at radius 2 is 2.00 bits per heavy atom. The standard InChI is InChI=1S/C15H29NO2/c1-3-6-12-8-5-9-13(11-10-12)16-14(7-4-2)15(17)18/h12-14,16H,3-11H2,1-2H3,(H,17,18). The lowest BCUT2D eigenvalue weighted by molar-refractivity contribution is -0.139. The highest BCUT2D eigenvalue weighted by atomic mass is 16.4. The highest BCUT2D eigenvalue weighted by Gasteiger charge is 2.23. The van der Waals surface area contributed by atoms with Crippen molar-refractivity contribution in [3.05, 3.63) is 0 Å². The normalized spacial score (nSPS) is 26.6. The maximum atomic E-state index is 11.2. The van der Waals surface area contributed by atoms with Crippen LogP contribution in [0.25, 0.3) is 0 Å². The van der Waals surface area contributed by atoms with Gasteiger partial charge in [0.1, 0.15) is 6.04 Å². The molecule has 18 heavy (non-hydrogen) atoms. The first-order valence-electron chi connectivity index (χ1n) is 7.66. The van der Waals surface area contributed by atoms with Crippen LogP contribution in [-0.4, -0.2) is 23.2 Å². The van der Waals surface area contributed by atoms with Gasteiger partial charge in [-0.3, -0.25) is 4.79 Å². The number of rotatable bonds is 7. The van der Waals surface area contributed by atoms with E-state index in [0.29, 0.717) is 6.04 Å². The molecule has 1 aliphatic rings. The number of hydrogen-bond donors (Lipinski definition) is 2. The molecule has 0 aromatic rings. The molecule has 0 radical (unpaired) electrons. The summed E-state index contributed by atoms with van der Waals surface area (Å²) in [4.78, 5) is 11.2. The van der Waals surface area contributed by atoms with Gasteiger partial charge < -0.3 is 10.4 Å². The van der Waals surface area contributed by atoms with Gasteiger partial charge >= 0.3 is 5.97 Å². The van der Waals surface area contributed by atoms with Crippen molar-refractivity contribution in [3.8, 4) is 0 Å². The van der Waals surface area contributed by atoms with E-state index >= 15 is 0 Å². The van der Waals surface area contributed by atoms with Crippen molar-refractivity contribution in [1.82, 2.24) is 5.32 Å². The van der Waals surface area contributed by atoms with Crippen LogP contribution in [0.15, 0.2) is 0 Å². The van der Waals surface area contributed by atoms with Gasteiger partial charge in [-0.25, -0.2) is 0 Å². The molecule has 0 spiro atoms. The van der Waals surface area contributed by atoms with E-state index in [4.69, 9.17) is 0 Å². The van der Waals surface area contributed by atoms with Crippen LogP contribution in [0.2, 0.25) is 0 Å². The van der Waals surface area contributed by atoms with E-state index in [0.717, 1.165) is 31.6 Å². The maximum Gasteiger partial charge on any atom is 0.320 e. The van der Waals surface area contributed by atoms with Crippen LogP contribution >= 0.6 is 0 Å². The van der Waals surface area contributed by atoms with Gasteiger partial charge in [-0.05, 0) is 31.6 Å². The minimum absolute atomic E-state index is 0.345. The van der Waals surface area contributed by atoms with Crippen LogP contribution in [0, 0.1) is 5.92 Å². The summed E-state index contributed by atoms with van der Waals surface area (Å²) in [5.74, 6) is 0.183. The molecule has 0 aromatic heterocycles.